The van der Waals surface area contributed by atoms with Crippen LogP contribution in [-0.4, -0.2) is 57.3 Å². The van der Waals surface area contributed by atoms with Crippen LogP contribution in [0, 0.1) is 0 Å². The Hall–Kier alpha value is -3.22. The SMILES string of the molecule is COc1cc(/C=C/C(=O)N2CCN(c3cc[nH+]cc3)CC2)cc2c1OCCO2. The molecule has 0 unspecified atom stereocenters. The molecule has 1 fully saturated rings. The fourth-order valence-corrected chi connectivity index (χ4v) is 3.44. The maximum Gasteiger partial charge on any atom is 0.246 e. The second kappa shape index (κ2) is 8.21. The van der Waals surface area contributed by atoms with Gasteiger partial charge in [0, 0.05) is 50.1 Å². The van der Waals surface area contributed by atoms with E-state index in [0.29, 0.717) is 43.6 Å². The minimum absolute atomic E-state index is 0.00917. The number of benzene rings is 1. The van der Waals surface area contributed by atoms with Crippen molar-refractivity contribution in [2.24, 2.45) is 0 Å². The van der Waals surface area contributed by atoms with Crippen LogP contribution in [0.5, 0.6) is 17.2 Å². The number of ether oxygens (including phenoxy) is 3. The van der Waals surface area contributed by atoms with Crippen LogP contribution in [0.4, 0.5) is 5.69 Å². The lowest BCUT2D eigenvalue weighted by Gasteiger charge is -2.35. The van der Waals surface area contributed by atoms with Crippen molar-refractivity contribution in [3.05, 3.63) is 48.3 Å². The van der Waals surface area contributed by atoms with E-state index in [9.17, 15) is 4.79 Å². The van der Waals surface area contributed by atoms with Gasteiger partial charge in [0.1, 0.15) is 13.2 Å². The summed E-state index contributed by atoms with van der Waals surface area (Å²) in [4.78, 5) is 19.8. The molecule has 3 heterocycles. The number of anilines is 1. The summed E-state index contributed by atoms with van der Waals surface area (Å²) in [6.07, 6.45) is 7.23. The quantitative estimate of drug-likeness (QED) is 0.753. The number of methoxy groups -OCH3 is 1. The van der Waals surface area contributed by atoms with Crippen molar-refractivity contribution in [3.63, 3.8) is 0 Å². The smallest absolute Gasteiger partial charge is 0.246 e. The molecule has 0 radical (unpaired) electrons. The highest BCUT2D eigenvalue weighted by Gasteiger charge is 2.21. The zero-order valence-electron chi connectivity index (χ0n) is 15.9. The van der Waals surface area contributed by atoms with Crippen molar-refractivity contribution in [1.29, 1.82) is 0 Å². The third-order valence-electron chi connectivity index (χ3n) is 4.93. The second-order valence-corrected chi connectivity index (χ2v) is 6.65. The van der Waals surface area contributed by atoms with Crippen LogP contribution >= 0.6 is 0 Å². The Morgan fingerprint density at radius 3 is 2.61 bits per heavy atom. The number of rotatable bonds is 4. The predicted molar refractivity (Wildman–Crippen MR) is 105 cm³/mol. The predicted octanol–water partition coefficient (Wildman–Crippen LogP) is 1.64. The summed E-state index contributed by atoms with van der Waals surface area (Å²) >= 11 is 0. The minimum atomic E-state index is 0.00917. The highest BCUT2D eigenvalue weighted by atomic mass is 16.6. The number of hydrogen-bond acceptors (Lipinski definition) is 5. The first-order valence-electron chi connectivity index (χ1n) is 9.40. The molecular weight excluding hydrogens is 358 g/mol. The van der Waals surface area contributed by atoms with Gasteiger partial charge in [-0.2, -0.15) is 0 Å². The van der Waals surface area contributed by atoms with Gasteiger partial charge in [0.25, 0.3) is 0 Å². The topological polar surface area (TPSA) is 65.4 Å². The molecule has 2 aromatic rings. The van der Waals surface area contributed by atoms with Crippen LogP contribution in [0.2, 0.25) is 0 Å². The highest BCUT2D eigenvalue weighted by Crippen LogP contribution is 2.40. The highest BCUT2D eigenvalue weighted by molar-refractivity contribution is 5.92. The van der Waals surface area contributed by atoms with Crippen molar-refractivity contribution < 1.29 is 24.0 Å². The molecule has 1 aromatic carbocycles. The third-order valence-corrected chi connectivity index (χ3v) is 4.93. The van der Waals surface area contributed by atoms with Crippen LogP contribution in [0.3, 0.4) is 0 Å². The van der Waals surface area contributed by atoms with Gasteiger partial charge >= 0.3 is 0 Å². The summed E-state index contributed by atoms with van der Waals surface area (Å²) in [5, 5.41) is 0. The standard InChI is InChI=1S/C21H23N3O4/c1-26-18-14-16(15-19-21(18)28-13-12-27-19)2-3-20(25)24-10-8-23(9-11-24)17-4-6-22-7-5-17/h2-7,14-15H,8-13H2,1H3/p+1/b3-2+. The van der Waals surface area contributed by atoms with Gasteiger partial charge in [0.05, 0.1) is 7.11 Å². The Kier molecular flexibility index (Phi) is 5.32. The molecule has 2 aliphatic heterocycles. The summed E-state index contributed by atoms with van der Waals surface area (Å²) in [5.74, 6) is 1.88. The number of piperazine rings is 1. The molecule has 0 bridgehead atoms. The normalized spacial score (nSPS) is 16.3. The average molecular weight is 382 g/mol. The summed E-state index contributed by atoms with van der Waals surface area (Å²) in [6.45, 7) is 4.05. The molecule has 0 aliphatic carbocycles. The number of carbonyl (C=O) groups is 1. The number of aromatic nitrogens is 1. The van der Waals surface area contributed by atoms with Gasteiger partial charge in [-0.1, -0.05) is 0 Å². The van der Waals surface area contributed by atoms with Crippen LogP contribution in [0.25, 0.3) is 6.08 Å². The molecule has 1 N–H and O–H groups in total. The molecule has 4 rings (SSSR count). The van der Waals surface area contributed by atoms with Gasteiger partial charge in [-0.25, -0.2) is 4.98 Å². The molecule has 7 nitrogen and oxygen atoms in total. The van der Waals surface area contributed by atoms with Gasteiger partial charge in [-0.05, 0) is 23.8 Å². The number of aromatic amines is 1. The maximum absolute atomic E-state index is 12.6. The lowest BCUT2D eigenvalue weighted by atomic mass is 10.1. The molecule has 2 aliphatic rings. The largest absolute Gasteiger partial charge is 0.493 e. The van der Waals surface area contributed by atoms with E-state index in [0.717, 1.165) is 18.7 Å². The van der Waals surface area contributed by atoms with Gasteiger partial charge in [0.2, 0.25) is 11.7 Å². The fraction of sp³-hybridized carbons (Fsp3) is 0.333. The zero-order valence-corrected chi connectivity index (χ0v) is 15.9. The minimum Gasteiger partial charge on any atom is -0.493 e. The van der Waals surface area contributed by atoms with Crippen LogP contribution in [0.1, 0.15) is 5.56 Å². The Bertz CT molecular complexity index is 844. The van der Waals surface area contributed by atoms with Gasteiger partial charge < -0.3 is 24.0 Å². The van der Waals surface area contributed by atoms with Crippen molar-refractivity contribution in [1.82, 2.24) is 4.90 Å². The number of H-pyrrole nitrogens is 1. The van der Waals surface area contributed by atoms with Crippen molar-refractivity contribution in [2.45, 2.75) is 0 Å². The molecule has 0 saturated carbocycles. The van der Waals surface area contributed by atoms with E-state index in [1.54, 1.807) is 19.3 Å². The molecule has 1 amide bonds. The van der Waals surface area contributed by atoms with Crippen LogP contribution in [0.15, 0.2) is 42.7 Å². The van der Waals surface area contributed by atoms with E-state index >= 15 is 0 Å². The summed E-state index contributed by atoms with van der Waals surface area (Å²) < 4.78 is 16.6. The average Bonchev–Trinajstić information content (AvgIpc) is 2.77. The molecule has 146 valence electrons. The van der Waals surface area contributed by atoms with Crippen molar-refractivity contribution >= 4 is 17.7 Å². The van der Waals surface area contributed by atoms with E-state index in [1.807, 2.05) is 41.6 Å². The maximum atomic E-state index is 12.6. The number of amides is 1. The first kappa shape index (κ1) is 18.2. The molecule has 7 heteroatoms. The second-order valence-electron chi connectivity index (χ2n) is 6.65. The summed E-state index contributed by atoms with van der Waals surface area (Å²) in [5.41, 5.74) is 2.01. The van der Waals surface area contributed by atoms with Gasteiger partial charge in [0.15, 0.2) is 23.9 Å². The molecular formula is C21H24N3O4+. The molecule has 1 aromatic heterocycles. The zero-order chi connectivity index (χ0) is 19.3. The molecule has 1 saturated heterocycles. The number of nitrogens with zero attached hydrogens (tertiary/aromatic N) is 2. The molecule has 0 atom stereocenters. The number of carbonyl (C=O) groups excluding carboxylic acids is 1. The van der Waals surface area contributed by atoms with Crippen molar-refractivity contribution in [2.75, 3.05) is 51.4 Å². The summed E-state index contributed by atoms with van der Waals surface area (Å²) in [7, 11) is 1.59. The molecule has 28 heavy (non-hydrogen) atoms. The van der Waals surface area contributed by atoms with E-state index in [1.165, 1.54) is 5.69 Å². The summed E-state index contributed by atoms with van der Waals surface area (Å²) in [6, 6.07) is 7.81. The number of fused-ring (bicyclic) bond motifs is 1. The lowest BCUT2D eigenvalue weighted by Crippen LogP contribution is -2.48. The van der Waals surface area contributed by atoms with Gasteiger partial charge in [-0.15, -0.1) is 0 Å². The Balaban J connectivity index is 1.39. The van der Waals surface area contributed by atoms with Crippen molar-refractivity contribution in [3.8, 4) is 17.2 Å². The van der Waals surface area contributed by atoms with E-state index in [4.69, 9.17) is 14.2 Å². The lowest BCUT2D eigenvalue weighted by molar-refractivity contribution is -0.377. The third kappa shape index (κ3) is 3.88. The Morgan fingerprint density at radius 2 is 1.86 bits per heavy atom. The Labute approximate surface area is 164 Å². The van der Waals surface area contributed by atoms with Crippen LogP contribution < -0.4 is 24.1 Å². The van der Waals surface area contributed by atoms with Gasteiger partial charge in [-0.3, -0.25) is 4.79 Å². The first-order chi connectivity index (χ1) is 13.7. The fourth-order valence-electron chi connectivity index (χ4n) is 3.44. The number of nitrogens with one attached hydrogen (secondary N) is 1. The van der Waals surface area contributed by atoms with E-state index < -0.39 is 0 Å². The van der Waals surface area contributed by atoms with E-state index in [2.05, 4.69) is 9.88 Å². The Morgan fingerprint density at radius 1 is 1.11 bits per heavy atom. The first-order valence-corrected chi connectivity index (χ1v) is 9.40. The monoisotopic (exact) mass is 382 g/mol. The number of hydrogen-bond donors (Lipinski definition) is 0. The molecule has 0 spiro atoms. The number of pyridine rings is 1. The van der Waals surface area contributed by atoms with Crippen LogP contribution in [-0.2, 0) is 4.79 Å². The van der Waals surface area contributed by atoms with E-state index in [-0.39, 0.29) is 5.91 Å².